The maximum atomic E-state index is 13.2. The van der Waals surface area contributed by atoms with Crippen LogP contribution in [0, 0.1) is 6.92 Å². The first-order valence-electron chi connectivity index (χ1n) is 8.98. The van der Waals surface area contributed by atoms with Gasteiger partial charge in [-0.05, 0) is 42.3 Å². The summed E-state index contributed by atoms with van der Waals surface area (Å²) in [6.07, 6.45) is 0.506. The molecular weight excluding hydrogens is 336 g/mol. The molecule has 0 radical (unpaired) electrons. The van der Waals surface area contributed by atoms with Crippen LogP contribution < -0.4 is 10.2 Å². The summed E-state index contributed by atoms with van der Waals surface area (Å²) in [5.41, 5.74) is 4.14. The molecule has 0 saturated carbocycles. The fourth-order valence-electron chi connectivity index (χ4n) is 3.50. The molecule has 2 amide bonds. The van der Waals surface area contributed by atoms with Crippen LogP contribution in [0.5, 0.6) is 0 Å². The minimum atomic E-state index is -0.574. The molecule has 27 heavy (non-hydrogen) atoms. The summed E-state index contributed by atoms with van der Waals surface area (Å²) >= 11 is 0. The fraction of sp³-hybridized carbons (Fsp3) is 0.130. The zero-order valence-corrected chi connectivity index (χ0v) is 15.1. The smallest absolute Gasteiger partial charge is 0.259 e. The lowest BCUT2D eigenvalue weighted by Crippen LogP contribution is -2.45. The molecule has 0 aromatic heterocycles. The van der Waals surface area contributed by atoms with E-state index in [4.69, 9.17) is 0 Å². The van der Waals surface area contributed by atoms with Crippen molar-refractivity contribution in [2.24, 2.45) is 0 Å². The van der Waals surface area contributed by atoms with E-state index in [2.05, 4.69) is 5.32 Å². The third-order valence-electron chi connectivity index (χ3n) is 4.92. The lowest BCUT2D eigenvalue weighted by molar-refractivity contribution is -0.117. The predicted octanol–water partition coefficient (Wildman–Crippen LogP) is 4.21. The van der Waals surface area contributed by atoms with Crippen LogP contribution in [0.1, 0.15) is 21.5 Å². The second-order valence-corrected chi connectivity index (χ2v) is 6.69. The Morgan fingerprint density at radius 3 is 2.33 bits per heavy atom. The molecule has 0 saturated heterocycles. The van der Waals surface area contributed by atoms with Gasteiger partial charge in [0.05, 0.1) is 0 Å². The lowest BCUT2D eigenvalue weighted by Gasteiger charge is -2.25. The number of carbonyl (C=O) groups excluding carboxylic acids is 2. The molecule has 3 aromatic rings. The molecule has 0 fully saturated rings. The van der Waals surface area contributed by atoms with Gasteiger partial charge < -0.3 is 5.32 Å². The van der Waals surface area contributed by atoms with Crippen molar-refractivity contribution in [2.45, 2.75) is 19.4 Å². The van der Waals surface area contributed by atoms with Crippen molar-refractivity contribution in [1.82, 2.24) is 0 Å². The van der Waals surface area contributed by atoms with Crippen molar-refractivity contribution < 1.29 is 9.59 Å². The topological polar surface area (TPSA) is 49.4 Å². The van der Waals surface area contributed by atoms with Gasteiger partial charge in [0.2, 0.25) is 5.91 Å². The third kappa shape index (κ3) is 3.22. The van der Waals surface area contributed by atoms with E-state index >= 15 is 0 Å². The van der Waals surface area contributed by atoms with Gasteiger partial charge in [-0.15, -0.1) is 0 Å². The molecule has 3 aromatic carbocycles. The predicted molar refractivity (Wildman–Crippen MR) is 107 cm³/mol. The molecule has 1 heterocycles. The van der Waals surface area contributed by atoms with Crippen molar-refractivity contribution in [3.63, 3.8) is 0 Å². The summed E-state index contributed by atoms with van der Waals surface area (Å²) in [7, 11) is 0. The SMILES string of the molecule is Cc1ccccc1NC(=O)C1Cc2ccccc2N1C(=O)c1ccccc1. The molecule has 134 valence electrons. The van der Waals surface area contributed by atoms with Gasteiger partial charge in [0.25, 0.3) is 5.91 Å². The zero-order valence-electron chi connectivity index (χ0n) is 15.1. The number of para-hydroxylation sites is 2. The number of nitrogens with one attached hydrogen (secondary N) is 1. The van der Waals surface area contributed by atoms with Gasteiger partial charge in [0.1, 0.15) is 6.04 Å². The van der Waals surface area contributed by atoms with Crippen LogP contribution in [0.4, 0.5) is 11.4 Å². The van der Waals surface area contributed by atoms with Crippen LogP contribution in [-0.4, -0.2) is 17.9 Å². The Labute approximate surface area is 158 Å². The molecule has 4 heteroatoms. The lowest BCUT2D eigenvalue weighted by atomic mass is 10.1. The number of benzene rings is 3. The van der Waals surface area contributed by atoms with Crippen molar-refractivity contribution >= 4 is 23.2 Å². The van der Waals surface area contributed by atoms with Gasteiger partial charge >= 0.3 is 0 Å². The van der Waals surface area contributed by atoms with Crippen LogP contribution >= 0.6 is 0 Å². The van der Waals surface area contributed by atoms with Gasteiger partial charge in [-0.25, -0.2) is 0 Å². The highest BCUT2D eigenvalue weighted by Crippen LogP contribution is 2.34. The maximum Gasteiger partial charge on any atom is 0.259 e. The monoisotopic (exact) mass is 356 g/mol. The van der Waals surface area contributed by atoms with Gasteiger partial charge in [0, 0.05) is 23.4 Å². The number of anilines is 2. The van der Waals surface area contributed by atoms with E-state index < -0.39 is 6.04 Å². The Morgan fingerprint density at radius 2 is 1.56 bits per heavy atom. The van der Waals surface area contributed by atoms with Crippen LogP contribution in [-0.2, 0) is 11.2 Å². The fourth-order valence-corrected chi connectivity index (χ4v) is 3.50. The molecule has 1 aliphatic rings. The van der Waals surface area contributed by atoms with E-state index in [-0.39, 0.29) is 11.8 Å². The number of rotatable bonds is 3. The Bertz CT molecular complexity index is 998. The number of carbonyl (C=O) groups is 2. The average Bonchev–Trinajstić information content (AvgIpc) is 3.09. The second-order valence-electron chi connectivity index (χ2n) is 6.69. The maximum absolute atomic E-state index is 13.2. The number of hydrogen-bond acceptors (Lipinski definition) is 2. The van der Waals surface area contributed by atoms with E-state index in [1.807, 2.05) is 73.7 Å². The quantitative estimate of drug-likeness (QED) is 0.764. The standard InChI is InChI=1S/C23H20N2O2/c1-16-9-5-7-13-19(16)24-22(26)21-15-18-12-6-8-14-20(18)25(21)23(27)17-10-3-2-4-11-17/h2-14,21H,15H2,1H3,(H,24,26). The van der Waals surface area contributed by atoms with Gasteiger partial charge in [-0.3, -0.25) is 14.5 Å². The Kier molecular flexibility index (Phi) is 4.47. The highest BCUT2D eigenvalue weighted by molar-refractivity contribution is 6.13. The van der Waals surface area contributed by atoms with E-state index in [0.29, 0.717) is 12.0 Å². The number of aryl methyl sites for hydroxylation is 1. The van der Waals surface area contributed by atoms with E-state index in [9.17, 15) is 9.59 Å². The van der Waals surface area contributed by atoms with Crippen LogP contribution in [0.3, 0.4) is 0 Å². The van der Waals surface area contributed by atoms with Crippen molar-refractivity contribution in [3.8, 4) is 0 Å². The molecule has 1 N–H and O–H groups in total. The molecule has 1 aliphatic heterocycles. The van der Waals surface area contributed by atoms with Crippen LogP contribution in [0.15, 0.2) is 78.9 Å². The Morgan fingerprint density at radius 1 is 0.889 bits per heavy atom. The molecule has 4 nitrogen and oxygen atoms in total. The minimum absolute atomic E-state index is 0.162. The largest absolute Gasteiger partial charge is 0.324 e. The molecule has 0 spiro atoms. The van der Waals surface area contributed by atoms with Crippen LogP contribution in [0.2, 0.25) is 0 Å². The van der Waals surface area contributed by atoms with Crippen LogP contribution in [0.25, 0.3) is 0 Å². The molecular formula is C23H20N2O2. The summed E-state index contributed by atoms with van der Waals surface area (Å²) in [6.45, 7) is 1.95. The minimum Gasteiger partial charge on any atom is -0.324 e. The first-order valence-corrected chi connectivity index (χ1v) is 8.98. The zero-order chi connectivity index (χ0) is 18.8. The van der Waals surface area contributed by atoms with Gasteiger partial charge in [-0.2, -0.15) is 0 Å². The van der Waals surface area contributed by atoms with Crippen molar-refractivity contribution in [1.29, 1.82) is 0 Å². The Hall–Kier alpha value is -3.40. The van der Waals surface area contributed by atoms with E-state index in [1.54, 1.807) is 17.0 Å². The number of nitrogens with zero attached hydrogens (tertiary/aromatic N) is 1. The highest BCUT2D eigenvalue weighted by atomic mass is 16.2. The normalized spacial score (nSPS) is 15.3. The first kappa shape index (κ1) is 17.0. The molecule has 1 unspecified atom stereocenters. The summed E-state index contributed by atoms with van der Waals surface area (Å²) in [4.78, 5) is 27.9. The van der Waals surface area contributed by atoms with Crippen molar-refractivity contribution in [2.75, 3.05) is 10.2 Å². The summed E-state index contributed by atoms with van der Waals surface area (Å²) < 4.78 is 0. The third-order valence-corrected chi connectivity index (χ3v) is 4.92. The summed E-state index contributed by atoms with van der Waals surface area (Å²) in [5, 5.41) is 2.99. The molecule has 4 rings (SSSR count). The summed E-state index contributed by atoms with van der Waals surface area (Å²) in [5.74, 6) is -0.338. The van der Waals surface area contributed by atoms with Gasteiger partial charge in [-0.1, -0.05) is 54.6 Å². The molecule has 1 atom stereocenters. The number of amides is 2. The average molecular weight is 356 g/mol. The Balaban J connectivity index is 1.68. The molecule has 0 bridgehead atoms. The molecule has 0 aliphatic carbocycles. The van der Waals surface area contributed by atoms with E-state index in [0.717, 1.165) is 22.5 Å². The van der Waals surface area contributed by atoms with E-state index in [1.165, 1.54) is 0 Å². The second kappa shape index (κ2) is 7.08. The number of hydrogen-bond donors (Lipinski definition) is 1. The summed E-state index contributed by atoms with van der Waals surface area (Å²) in [6, 6.07) is 23.9. The van der Waals surface area contributed by atoms with Gasteiger partial charge in [0.15, 0.2) is 0 Å². The number of fused-ring (bicyclic) bond motifs is 1. The first-order chi connectivity index (χ1) is 13.1. The highest BCUT2D eigenvalue weighted by Gasteiger charge is 2.38. The van der Waals surface area contributed by atoms with Crippen molar-refractivity contribution in [3.05, 3.63) is 95.6 Å².